The molecular formula is C16H24Cl2FN3O2. The largest absolute Gasteiger partial charge is 0.378 e. The van der Waals surface area contributed by atoms with Gasteiger partial charge in [-0.15, -0.1) is 24.8 Å². The lowest BCUT2D eigenvalue weighted by atomic mass is 10.1. The van der Waals surface area contributed by atoms with Crippen LogP contribution in [0.3, 0.4) is 0 Å². The number of carbonyl (C=O) groups excluding carboxylic acids is 1. The number of anilines is 2. The van der Waals surface area contributed by atoms with Crippen molar-refractivity contribution in [2.45, 2.75) is 25.3 Å². The second-order valence-electron chi connectivity index (χ2n) is 5.84. The molecular weight excluding hydrogens is 356 g/mol. The minimum absolute atomic E-state index is 0. The van der Waals surface area contributed by atoms with Crippen LogP contribution in [0.4, 0.5) is 15.8 Å². The van der Waals surface area contributed by atoms with E-state index in [9.17, 15) is 9.18 Å². The highest BCUT2D eigenvalue weighted by Crippen LogP contribution is 2.23. The maximum Gasteiger partial charge on any atom is 0.225 e. The molecule has 1 aromatic rings. The van der Waals surface area contributed by atoms with Crippen molar-refractivity contribution in [2.24, 2.45) is 0 Å². The average Bonchev–Trinajstić information content (AvgIpc) is 3.00. The third-order valence-electron chi connectivity index (χ3n) is 4.14. The number of nitrogens with zero attached hydrogens (tertiary/aromatic N) is 1. The Morgan fingerprint density at radius 2 is 2.04 bits per heavy atom. The van der Waals surface area contributed by atoms with Gasteiger partial charge in [-0.25, -0.2) is 4.39 Å². The third kappa shape index (κ3) is 5.77. The first-order chi connectivity index (χ1) is 10.7. The van der Waals surface area contributed by atoms with Crippen molar-refractivity contribution in [2.75, 3.05) is 43.1 Å². The molecule has 2 aliphatic heterocycles. The number of halogens is 3. The van der Waals surface area contributed by atoms with Gasteiger partial charge in [-0.05, 0) is 37.6 Å². The van der Waals surface area contributed by atoms with E-state index in [2.05, 4.69) is 15.5 Å². The molecule has 3 rings (SSSR count). The minimum Gasteiger partial charge on any atom is -0.378 e. The van der Waals surface area contributed by atoms with E-state index in [1.54, 1.807) is 0 Å². The lowest BCUT2D eigenvalue weighted by Gasteiger charge is -2.29. The second-order valence-corrected chi connectivity index (χ2v) is 5.84. The number of benzene rings is 1. The normalized spacial score (nSPS) is 20.0. The molecule has 0 aromatic heterocycles. The van der Waals surface area contributed by atoms with Crippen LogP contribution < -0.4 is 15.5 Å². The summed E-state index contributed by atoms with van der Waals surface area (Å²) in [7, 11) is 0. The lowest BCUT2D eigenvalue weighted by Crippen LogP contribution is -2.36. The van der Waals surface area contributed by atoms with Gasteiger partial charge in [-0.2, -0.15) is 0 Å². The van der Waals surface area contributed by atoms with Crippen molar-refractivity contribution in [1.82, 2.24) is 5.32 Å². The molecule has 5 nitrogen and oxygen atoms in total. The predicted octanol–water partition coefficient (Wildman–Crippen LogP) is 2.59. The van der Waals surface area contributed by atoms with Crippen LogP contribution in [0.1, 0.15) is 19.3 Å². The molecule has 2 fully saturated rings. The van der Waals surface area contributed by atoms with Crippen molar-refractivity contribution in [3.8, 4) is 0 Å². The molecule has 8 heteroatoms. The van der Waals surface area contributed by atoms with Crippen LogP contribution in [0.15, 0.2) is 18.2 Å². The zero-order valence-corrected chi connectivity index (χ0v) is 15.1. The summed E-state index contributed by atoms with van der Waals surface area (Å²) in [6.45, 7) is 3.74. The van der Waals surface area contributed by atoms with E-state index >= 15 is 0 Å². The maximum absolute atomic E-state index is 13.8. The van der Waals surface area contributed by atoms with Crippen LogP contribution in [-0.2, 0) is 9.53 Å². The van der Waals surface area contributed by atoms with Gasteiger partial charge in [0.05, 0.1) is 13.2 Å². The van der Waals surface area contributed by atoms with Gasteiger partial charge in [0.2, 0.25) is 5.91 Å². The standard InChI is InChI=1S/C16H22FN3O2.2ClH/c17-12-8-14(19-16(21)11-13-2-1-3-18-13)10-15(9-12)20-4-6-22-7-5-20;;/h8-10,13,18H,1-7,11H2,(H,19,21);2*1H. The van der Waals surface area contributed by atoms with Gasteiger partial charge in [0.1, 0.15) is 5.82 Å². The van der Waals surface area contributed by atoms with Crippen molar-refractivity contribution in [1.29, 1.82) is 0 Å². The van der Waals surface area contributed by atoms with Crippen LogP contribution >= 0.6 is 24.8 Å². The molecule has 136 valence electrons. The molecule has 1 atom stereocenters. The van der Waals surface area contributed by atoms with Crippen molar-refractivity contribution >= 4 is 42.1 Å². The molecule has 0 spiro atoms. The summed E-state index contributed by atoms with van der Waals surface area (Å²) in [5.41, 5.74) is 1.31. The van der Waals surface area contributed by atoms with Gasteiger partial charge in [0.15, 0.2) is 0 Å². The monoisotopic (exact) mass is 379 g/mol. The molecule has 2 N–H and O–H groups in total. The van der Waals surface area contributed by atoms with E-state index in [0.717, 1.165) is 38.2 Å². The number of hydrogen-bond donors (Lipinski definition) is 2. The van der Waals surface area contributed by atoms with Crippen LogP contribution in [0.2, 0.25) is 0 Å². The molecule has 1 amide bonds. The lowest BCUT2D eigenvalue weighted by molar-refractivity contribution is -0.116. The SMILES string of the molecule is Cl.Cl.O=C(CC1CCCN1)Nc1cc(F)cc(N2CCOCC2)c1. The fourth-order valence-corrected chi connectivity index (χ4v) is 3.02. The van der Waals surface area contributed by atoms with E-state index in [0.29, 0.717) is 25.3 Å². The molecule has 2 heterocycles. The number of hydrogen-bond acceptors (Lipinski definition) is 4. The van der Waals surface area contributed by atoms with Crippen LogP contribution in [0.5, 0.6) is 0 Å². The summed E-state index contributed by atoms with van der Waals surface area (Å²) < 4.78 is 19.1. The van der Waals surface area contributed by atoms with Crippen LogP contribution in [-0.4, -0.2) is 44.8 Å². The number of ether oxygens (including phenoxy) is 1. The molecule has 2 saturated heterocycles. The van der Waals surface area contributed by atoms with Crippen molar-refractivity contribution < 1.29 is 13.9 Å². The number of carbonyl (C=O) groups is 1. The van der Waals surface area contributed by atoms with E-state index in [4.69, 9.17) is 4.74 Å². The summed E-state index contributed by atoms with van der Waals surface area (Å²) in [6, 6.07) is 4.94. The number of nitrogens with one attached hydrogen (secondary N) is 2. The number of amides is 1. The van der Waals surface area contributed by atoms with Gasteiger partial charge in [-0.3, -0.25) is 4.79 Å². The fourth-order valence-electron chi connectivity index (χ4n) is 3.02. The highest BCUT2D eigenvalue weighted by Gasteiger charge is 2.18. The highest BCUT2D eigenvalue weighted by atomic mass is 35.5. The molecule has 2 aliphatic rings. The summed E-state index contributed by atoms with van der Waals surface area (Å²) in [5, 5.41) is 6.10. The Morgan fingerprint density at radius 1 is 1.29 bits per heavy atom. The molecule has 0 radical (unpaired) electrons. The second kappa shape index (κ2) is 10.0. The van der Waals surface area contributed by atoms with Gasteiger partial charge < -0.3 is 20.3 Å². The van der Waals surface area contributed by atoms with Crippen LogP contribution in [0.25, 0.3) is 0 Å². The van der Waals surface area contributed by atoms with E-state index < -0.39 is 0 Å². The number of rotatable bonds is 4. The molecule has 24 heavy (non-hydrogen) atoms. The zero-order chi connectivity index (χ0) is 15.4. The Kier molecular flexibility index (Phi) is 8.76. The summed E-state index contributed by atoms with van der Waals surface area (Å²) >= 11 is 0. The van der Waals surface area contributed by atoms with Gasteiger partial charge >= 0.3 is 0 Å². The summed E-state index contributed by atoms with van der Waals surface area (Å²) in [6.07, 6.45) is 2.57. The Morgan fingerprint density at radius 3 is 2.71 bits per heavy atom. The number of morpholine rings is 1. The molecule has 1 unspecified atom stereocenters. The van der Waals surface area contributed by atoms with Crippen molar-refractivity contribution in [3.63, 3.8) is 0 Å². The Bertz CT molecular complexity index is 536. The third-order valence-corrected chi connectivity index (χ3v) is 4.14. The quantitative estimate of drug-likeness (QED) is 0.843. The smallest absolute Gasteiger partial charge is 0.225 e. The van der Waals surface area contributed by atoms with E-state index in [1.165, 1.54) is 12.1 Å². The topological polar surface area (TPSA) is 53.6 Å². The fraction of sp³-hybridized carbons (Fsp3) is 0.562. The van der Waals surface area contributed by atoms with Crippen molar-refractivity contribution in [3.05, 3.63) is 24.0 Å². The zero-order valence-electron chi connectivity index (χ0n) is 13.4. The van der Waals surface area contributed by atoms with Gasteiger partial charge in [0.25, 0.3) is 0 Å². The Hall–Kier alpha value is -1.08. The molecule has 0 aliphatic carbocycles. The first-order valence-electron chi connectivity index (χ1n) is 7.87. The molecule has 0 saturated carbocycles. The van der Waals surface area contributed by atoms with E-state index in [-0.39, 0.29) is 42.6 Å². The first-order valence-corrected chi connectivity index (χ1v) is 7.87. The van der Waals surface area contributed by atoms with Gasteiger partial charge in [0, 0.05) is 36.9 Å². The Labute approximate surface area is 154 Å². The predicted molar refractivity (Wildman–Crippen MR) is 98.2 cm³/mol. The maximum atomic E-state index is 13.8. The minimum atomic E-state index is -0.335. The summed E-state index contributed by atoms with van der Waals surface area (Å²) in [5.74, 6) is -0.406. The van der Waals surface area contributed by atoms with E-state index in [1.807, 2.05) is 6.07 Å². The van der Waals surface area contributed by atoms with Crippen LogP contribution in [0, 0.1) is 5.82 Å². The highest BCUT2D eigenvalue weighted by molar-refractivity contribution is 5.91. The van der Waals surface area contributed by atoms with Gasteiger partial charge in [-0.1, -0.05) is 0 Å². The first kappa shape index (κ1) is 21.0. The molecule has 0 bridgehead atoms. The average molecular weight is 380 g/mol. The Balaban J connectivity index is 0.00000144. The summed E-state index contributed by atoms with van der Waals surface area (Å²) in [4.78, 5) is 14.1. The molecule has 1 aromatic carbocycles.